The third kappa shape index (κ3) is 6.39. The first-order valence-electron chi connectivity index (χ1n) is 6.48. The fraction of sp³-hybridized carbons (Fsp3) is 0.692. The lowest BCUT2D eigenvalue weighted by atomic mass is 10.2. The van der Waals surface area contributed by atoms with E-state index in [1.165, 1.54) is 6.33 Å². The summed E-state index contributed by atoms with van der Waals surface area (Å²) in [6.07, 6.45) is 2.46. The molecule has 0 fully saturated rings. The van der Waals surface area contributed by atoms with Gasteiger partial charge in [0, 0.05) is 25.8 Å². The van der Waals surface area contributed by atoms with Crippen LogP contribution in [0, 0.1) is 5.92 Å². The molecule has 0 aliphatic carbocycles. The van der Waals surface area contributed by atoms with E-state index in [9.17, 15) is 0 Å². The maximum atomic E-state index is 5.50. The summed E-state index contributed by atoms with van der Waals surface area (Å²) in [4.78, 5) is 8.13. The van der Waals surface area contributed by atoms with Crippen LogP contribution in [0.4, 0.5) is 5.82 Å². The number of anilines is 1. The van der Waals surface area contributed by atoms with Crippen molar-refractivity contribution in [2.45, 2.75) is 27.2 Å². The van der Waals surface area contributed by atoms with Gasteiger partial charge in [0.15, 0.2) is 0 Å². The molecule has 0 radical (unpaired) electrons. The van der Waals surface area contributed by atoms with Crippen LogP contribution in [0.2, 0.25) is 0 Å². The lowest BCUT2D eigenvalue weighted by Crippen LogP contribution is -2.09. The summed E-state index contributed by atoms with van der Waals surface area (Å²) in [6.45, 7) is 9.26. The molecule has 1 aromatic heterocycles. The maximum Gasteiger partial charge on any atom is 0.218 e. The van der Waals surface area contributed by atoms with E-state index in [-0.39, 0.29) is 0 Å². The number of nitrogens with one attached hydrogen (secondary N) is 1. The van der Waals surface area contributed by atoms with Gasteiger partial charge >= 0.3 is 0 Å². The van der Waals surface area contributed by atoms with Crippen molar-refractivity contribution in [2.75, 3.05) is 31.7 Å². The van der Waals surface area contributed by atoms with Crippen LogP contribution >= 0.6 is 0 Å². The smallest absolute Gasteiger partial charge is 0.218 e. The summed E-state index contributed by atoms with van der Waals surface area (Å²) >= 11 is 0. The van der Waals surface area contributed by atoms with Gasteiger partial charge in [-0.15, -0.1) is 0 Å². The predicted molar refractivity (Wildman–Crippen MR) is 72.0 cm³/mol. The Bertz CT molecular complexity index is 332. The van der Waals surface area contributed by atoms with Crippen molar-refractivity contribution < 1.29 is 9.47 Å². The van der Waals surface area contributed by atoms with Crippen LogP contribution in [-0.2, 0) is 4.74 Å². The number of aromatic nitrogens is 2. The average molecular weight is 253 g/mol. The molecule has 5 heteroatoms. The van der Waals surface area contributed by atoms with Gasteiger partial charge in [-0.3, -0.25) is 0 Å². The van der Waals surface area contributed by atoms with E-state index in [1.54, 1.807) is 6.07 Å². The third-order valence-corrected chi connectivity index (χ3v) is 2.16. The second kappa shape index (κ2) is 8.69. The highest BCUT2D eigenvalue weighted by molar-refractivity contribution is 5.36. The van der Waals surface area contributed by atoms with E-state index in [0.29, 0.717) is 18.4 Å². The average Bonchev–Trinajstić information content (AvgIpc) is 2.34. The van der Waals surface area contributed by atoms with Crippen LogP contribution in [0.3, 0.4) is 0 Å². The highest BCUT2D eigenvalue weighted by Gasteiger charge is 1.98. The maximum absolute atomic E-state index is 5.50. The Morgan fingerprint density at radius 2 is 2.17 bits per heavy atom. The van der Waals surface area contributed by atoms with Gasteiger partial charge in [-0.2, -0.15) is 0 Å². The van der Waals surface area contributed by atoms with Crippen LogP contribution in [0.5, 0.6) is 5.88 Å². The zero-order chi connectivity index (χ0) is 13.2. The zero-order valence-corrected chi connectivity index (χ0v) is 11.5. The Labute approximate surface area is 109 Å². The molecule has 102 valence electrons. The van der Waals surface area contributed by atoms with Crippen molar-refractivity contribution in [3.8, 4) is 5.88 Å². The quantitative estimate of drug-likeness (QED) is 0.685. The molecule has 0 saturated carbocycles. The van der Waals surface area contributed by atoms with Crippen molar-refractivity contribution >= 4 is 5.82 Å². The predicted octanol–water partition coefficient (Wildman–Crippen LogP) is 2.35. The first kappa shape index (κ1) is 14.7. The van der Waals surface area contributed by atoms with Gasteiger partial charge < -0.3 is 14.8 Å². The first-order chi connectivity index (χ1) is 8.72. The van der Waals surface area contributed by atoms with Gasteiger partial charge in [-0.1, -0.05) is 13.8 Å². The molecule has 1 aromatic rings. The molecule has 0 amide bonds. The lowest BCUT2D eigenvalue weighted by molar-refractivity contribution is 0.110. The topological polar surface area (TPSA) is 56.3 Å². The number of hydrogen-bond acceptors (Lipinski definition) is 5. The first-order valence-corrected chi connectivity index (χ1v) is 6.48. The van der Waals surface area contributed by atoms with E-state index in [0.717, 1.165) is 32.0 Å². The molecule has 0 saturated heterocycles. The minimum Gasteiger partial charge on any atom is -0.478 e. The van der Waals surface area contributed by atoms with E-state index in [1.807, 2.05) is 6.92 Å². The number of hydrogen-bond donors (Lipinski definition) is 1. The van der Waals surface area contributed by atoms with Gasteiger partial charge in [-0.25, -0.2) is 9.97 Å². The van der Waals surface area contributed by atoms with Crippen molar-refractivity contribution in [1.82, 2.24) is 9.97 Å². The van der Waals surface area contributed by atoms with Gasteiger partial charge in [0.05, 0.1) is 6.61 Å². The minimum absolute atomic E-state index is 0.591. The highest BCUT2D eigenvalue weighted by atomic mass is 16.5. The zero-order valence-electron chi connectivity index (χ0n) is 11.5. The molecule has 1 heterocycles. The summed E-state index contributed by atoms with van der Waals surface area (Å²) in [5, 5.41) is 3.22. The fourth-order valence-electron chi connectivity index (χ4n) is 1.37. The Morgan fingerprint density at radius 1 is 1.33 bits per heavy atom. The third-order valence-electron chi connectivity index (χ3n) is 2.16. The molecule has 1 N–H and O–H groups in total. The summed E-state index contributed by atoms with van der Waals surface area (Å²) in [5.41, 5.74) is 0. The Hall–Kier alpha value is -1.36. The van der Waals surface area contributed by atoms with Gasteiger partial charge in [0.25, 0.3) is 0 Å². The summed E-state index contributed by atoms with van der Waals surface area (Å²) < 4.78 is 10.8. The van der Waals surface area contributed by atoms with Crippen molar-refractivity contribution in [3.05, 3.63) is 12.4 Å². The van der Waals surface area contributed by atoms with Crippen LogP contribution in [0.25, 0.3) is 0 Å². The molecular weight excluding hydrogens is 230 g/mol. The van der Waals surface area contributed by atoms with Gasteiger partial charge in [0.2, 0.25) is 5.88 Å². The number of ether oxygens (including phenoxy) is 2. The lowest BCUT2D eigenvalue weighted by Gasteiger charge is -2.08. The molecular formula is C13H23N3O2. The van der Waals surface area contributed by atoms with Crippen LogP contribution in [0.15, 0.2) is 12.4 Å². The Balaban J connectivity index is 2.16. The largest absolute Gasteiger partial charge is 0.478 e. The molecule has 0 aliphatic rings. The van der Waals surface area contributed by atoms with E-state index in [2.05, 4.69) is 29.1 Å². The second-order valence-corrected chi connectivity index (χ2v) is 4.42. The number of rotatable bonds is 9. The molecule has 5 nitrogen and oxygen atoms in total. The van der Waals surface area contributed by atoms with Crippen molar-refractivity contribution in [1.29, 1.82) is 0 Å². The van der Waals surface area contributed by atoms with E-state index in [4.69, 9.17) is 9.47 Å². The molecule has 0 aromatic carbocycles. The molecule has 18 heavy (non-hydrogen) atoms. The normalized spacial score (nSPS) is 10.7. The second-order valence-electron chi connectivity index (χ2n) is 4.42. The number of nitrogens with zero attached hydrogens (tertiary/aromatic N) is 2. The summed E-state index contributed by atoms with van der Waals surface area (Å²) in [5.74, 6) is 1.98. The van der Waals surface area contributed by atoms with Crippen LogP contribution in [0.1, 0.15) is 27.2 Å². The van der Waals surface area contributed by atoms with Crippen molar-refractivity contribution in [2.24, 2.45) is 5.92 Å². The fourth-order valence-corrected chi connectivity index (χ4v) is 1.37. The molecule has 0 bridgehead atoms. The van der Waals surface area contributed by atoms with E-state index < -0.39 is 0 Å². The molecule has 0 spiro atoms. The molecule has 0 aliphatic heterocycles. The van der Waals surface area contributed by atoms with Crippen LogP contribution < -0.4 is 10.1 Å². The highest BCUT2D eigenvalue weighted by Crippen LogP contribution is 2.10. The van der Waals surface area contributed by atoms with Gasteiger partial charge in [-0.05, 0) is 19.3 Å². The summed E-state index contributed by atoms with van der Waals surface area (Å²) in [7, 11) is 0. The standard InChI is InChI=1S/C13H23N3O2/c1-4-18-13-8-12(15-10-16-13)14-6-5-7-17-9-11(2)3/h8,10-11H,4-7,9H2,1-3H3,(H,14,15,16). The Morgan fingerprint density at radius 3 is 2.89 bits per heavy atom. The molecule has 0 atom stereocenters. The Kier molecular flexibility index (Phi) is 7.10. The van der Waals surface area contributed by atoms with Crippen molar-refractivity contribution in [3.63, 3.8) is 0 Å². The van der Waals surface area contributed by atoms with Crippen LogP contribution in [-0.4, -0.2) is 36.3 Å². The SMILES string of the molecule is CCOc1cc(NCCCOCC(C)C)ncn1. The summed E-state index contributed by atoms with van der Waals surface area (Å²) in [6, 6.07) is 1.80. The monoisotopic (exact) mass is 253 g/mol. The minimum atomic E-state index is 0.591. The van der Waals surface area contributed by atoms with Gasteiger partial charge in [0.1, 0.15) is 12.1 Å². The molecule has 0 unspecified atom stereocenters. The molecule has 1 rings (SSSR count). The van der Waals surface area contributed by atoms with E-state index >= 15 is 0 Å².